The maximum atomic E-state index is 10.5. The molecule has 0 bridgehead atoms. The second-order valence-electron chi connectivity index (χ2n) is 3.24. The van der Waals surface area contributed by atoms with E-state index in [-0.39, 0.29) is 5.00 Å². The van der Waals surface area contributed by atoms with Gasteiger partial charge in [-0.05, 0) is 29.0 Å². The van der Waals surface area contributed by atoms with Crippen LogP contribution in [0.4, 0.5) is 10.1 Å². The van der Waals surface area contributed by atoms with Gasteiger partial charge in [0, 0.05) is 11.0 Å². The van der Waals surface area contributed by atoms with Crippen LogP contribution in [-0.2, 0) is 6.54 Å². The zero-order chi connectivity index (χ0) is 12.3. The van der Waals surface area contributed by atoms with Crippen molar-refractivity contribution in [3.8, 4) is 0 Å². The van der Waals surface area contributed by atoms with Crippen LogP contribution in [-0.4, -0.2) is 9.91 Å². The first-order valence-electron chi connectivity index (χ1n) is 4.73. The highest BCUT2D eigenvalue weighted by atomic mass is 79.9. The van der Waals surface area contributed by atoms with Gasteiger partial charge in [-0.15, -0.1) is 0 Å². The SMILES string of the molecule is O=[N+]([O-])c1cnc(NCc2cccc(Br)c2)s1. The smallest absolute Gasteiger partial charge is 0.345 e. The van der Waals surface area contributed by atoms with Gasteiger partial charge in [0.1, 0.15) is 6.20 Å². The van der Waals surface area contributed by atoms with Crippen LogP contribution in [0.25, 0.3) is 0 Å². The second kappa shape index (κ2) is 5.24. The third kappa shape index (κ3) is 3.24. The Balaban J connectivity index is 2.00. The minimum atomic E-state index is -0.443. The van der Waals surface area contributed by atoms with Crippen molar-refractivity contribution >= 4 is 37.4 Å². The molecular formula is C10H8BrN3O2S. The molecule has 0 fully saturated rings. The van der Waals surface area contributed by atoms with E-state index in [9.17, 15) is 10.1 Å². The molecule has 0 amide bonds. The number of thiazole rings is 1. The Bertz CT molecular complexity index is 544. The number of nitrogens with zero attached hydrogens (tertiary/aromatic N) is 2. The molecule has 0 aliphatic heterocycles. The fourth-order valence-corrected chi connectivity index (χ4v) is 2.33. The molecule has 17 heavy (non-hydrogen) atoms. The first-order valence-corrected chi connectivity index (χ1v) is 6.34. The number of nitrogens with one attached hydrogen (secondary N) is 1. The average molecular weight is 314 g/mol. The van der Waals surface area contributed by atoms with E-state index >= 15 is 0 Å². The standard InChI is InChI=1S/C10H8BrN3O2S/c11-8-3-1-2-7(4-8)5-12-10-13-6-9(17-10)14(15)16/h1-4,6H,5H2,(H,12,13). The first kappa shape index (κ1) is 12.0. The number of rotatable bonds is 4. The summed E-state index contributed by atoms with van der Waals surface area (Å²) in [5.41, 5.74) is 1.08. The molecule has 7 heteroatoms. The van der Waals surface area contributed by atoms with Gasteiger partial charge >= 0.3 is 5.00 Å². The van der Waals surface area contributed by atoms with Crippen LogP contribution in [0.1, 0.15) is 5.56 Å². The fourth-order valence-electron chi connectivity index (χ4n) is 1.26. The van der Waals surface area contributed by atoms with E-state index in [0.29, 0.717) is 11.7 Å². The van der Waals surface area contributed by atoms with E-state index in [1.165, 1.54) is 6.20 Å². The van der Waals surface area contributed by atoms with Gasteiger partial charge in [0.2, 0.25) is 0 Å². The molecule has 0 saturated heterocycles. The van der Waals surface area contributed by atoms with E-state index in [1.807, 2.05) is 24.3 Å². The summed E-state index contributed by atoms with van der Waals surface area (Å²) in [6.07, 6.45) is 1.26. The molecule has 0 aliphatic rings. The molecular weight excluding hydrogens is 306 g/mol. The van der Waals surface area contributed by atoms with Gasteiger partial charge in [-0.3, -0.25) is 10.1 Å². The molecule has 1 N–H and O–H groups in total. The van der Waals surface area contributed by atoms with E-state index in [2.05, 4.69) is 26.2 Å². The van der Waals surface area contributed by atoms with Crippen LogP contribution >= 0.6 is 27.3 Å². The van der Waals surface area contributed by atoms with Crippen molar-refractivity contribution in [2.75, 3.05) is 5.32 Å². The van der Waals surface area contributed by atoms with Crippen molar-refractivity contribution in [1.29, 1.82) is 0 Å². The summed E-state index contributed by atoms with van der Waals surface area (Å²) in [6.45, 7) is 0.587. The van der Waals surface area contributed by atoms with Gasteiger partial charge < -0.3 is 5.32 Å². The number of hydrogen-bond donors (Lipinski definition) is 1. The van der Waals surface area contributed by atoms with Gasteiger partial charge in [-0.1, -0.05) is 28.1 Å². The number of benzene rings is 1. The highest BCUT2D eigenvalue weighted by Gasteiger charge is 2.10. The van der Waals surface area contributed by atoms with Crippen LogP contribution in [0.2, 0.25) is 0 Å². The average Bonchev–Trinajstić information content (AvgIpc) is 2.75. The number of halogens is 1. The van der Waals surface area contributed by atoms with Gasteiger partial charge in [0.05, 0.1) is 4.92 Å². The molecule has 1 aromatic heterocycles. The van der Waals surface area contributed by atoms with Crippen molar-refractivity contribution in [2.45, 2.75) is 6.54 Å². The number of aromatic nitrogens is 1. The molecule has 0 atom stereocenters. The van der Waals surface area contributed by atoms with Crippen LogP contribution in [0.3, 0.4) is 0 Å². The van der Waals surface area contributed by atoms with E-state index in [4.69, 9.17) is 0 Å². The Kier molecular flexibility index (Phi) is 3.70. The van der Waals surface area contributed by atoms with Gasteiger partial charge in [0.15, 0.2) is 5.13 Å². The van der Waals surface area contributed by atoms with E-state index in [1.54, 1.807) is 0 Å². The van der Waals surface area contributed by atoms with Crippen molar-refractivity contribution in [1.82, 2.24) is 4.98 Å². The molecule has 2 aromatic rings. The van der Waals surface area contributed by atoms with Crippen LogP contribution in [0.15, 0.2) is 34.9 Å². The summed E-state index contributed by atoms with van der Waals surface area (Å²) in [5.74, 6) is 0. The predicted octanol–water partition coefficient (Wildman–Crippen LogP) is 3.43. The van der Waals surface area contributed by atoms with Crippen molar-refractivity contribution in [3.05, 3.63) is 50.6 Å². The summed E-state index contributed by atoms with van der Waals surface area (Å²) >= 11 is 4.41. The van der Waals surface area contributed by atoms with Gasteiger partial charge in [0.25, 0.3) is 0 Å². The van der Waals surface area contributed by atoms with Crippen LogP contribution in [0.5, 0.6) is 0 Å². The second-order valence-corrected chi connectivity index (χ2v) is 5.17. The molecule has 0 spiro atoms. The lowest BCUT2D eigenvalue weighted by molar-refractivity contribution is -0.380. The highest BCUT2D eigenvalue weighted by molar-refractivity contribution is 9.10. The Morgan fingerprint density at radius 2 is 2.35 bits per heavy atom. The maximum Gasteiger partial charge on any atom is 0.345 e. The van der Waals surface area contributed by atoms with E-state index < -0.39 is 4.92 Å². The lowest BCUT2D eigenvalue weighted by Crippen LogP contribution is -1.98. The maximum absolute atomic E-state index is 10.5. The molecule has 1 heterocycles. The molecule has 0 radical (unpaired) electrons. The predicted molar refractivity (Wildman–Crippen MR) is 70.2 cm³/mol. The third-order valence-corrected chi connectivity index (χ3v) is 3.41. The zero-order valence-corrected chi connectivity index (χ0v) is 11.0. The minimum Gasteiger partial charge on any atom is -0.357 e. The molecule has 0 saturated carbocycles. The third-order valence-electron chi connectivity index (χ3n) is 2.01. The van der Waals surface area contributed by atoms with Gasteiger partial charge in [-0.25, -0.2) is 4.98 Å². The Labute approximate surface area is 110 Å². The normalized spacial score (nSPS) is 10.2. The molecule has 5 nitrogen and oxygen atoms in total. The van der Waals surface area contributed by atoms with Gasteiger partial charge in [-0.2, -0.15) is 0 Å². The van der Waals surface area contributed by atoms with Crippen molar-refractivity contribution < 1.29 is 4.92 Å². The lowest BCUT2D eigenvalue weighted by atomic mass is 10.2. The highest BCUT2D eigenvalue weighted by Crippen LogP contribution is 2.25. The van der Waals surface area contributed by atoms with Crippen molar-refractivity contribution in [3.63, 3.8) is 0 Å². The summed E-state index contributed by atoms with van der Waals surface area (Å²) in [6, 6.07) is 7.83. The quantitative estimate of drug-likeness (QED) is 0.693. The molecule has 0 unspecified atom stereocenters. The zero-order valence-electron chi connectivity index (χ0n) is 8.59. The largest absolute Gasteiger partial charge is 0.357 e. The molecule has 1 aromatic carbocycles. The Morgan fingerprint density at radius 3 is 3.00 bits per heavy atom. The summed E-state index contributed by atoms with van der Waals surface area (Å²) < 4.78 is 1.00. The lowest BCUT2D eigenvalue weighted by Gasteiger charge is -2.02. The fraction of sp³-hybridized carbons (Fsp3) is 0.100. The molecule has 0 aliphatic carbocycles. The Morgan fingerprint density at radius 1 is 1.53 bits per heavy atom. The molecule has 2 rings (SSSR count). The summed E-state index contributed by atoms with van der Waals surface area (Å²) in [5, 5.41) is 14.1. The van der Waals surface area contributed by atoms with Crippen molar-refractivity contribution in [2.24, 2.45) is 0 Å². The minimum absolute atomic E-state index is 0.0433. The summed E-state index contributed by atoms with van der Waals surface area (Å²) in [7, 11) is 0. The monoisotopic (exact) mass is 313 g/mol. The Hall–Kier alpha value is -1.47. The first-order chi connectivity index (χ1) is 8.15. The van der Waals surface area contributed by atoms with E-state index in [0.717, 1.165) is 21.4 Å². The van der Waals surface area contributed by atoms with Crippen LogP contribution in [0, 0.1) is 10.1 Å². The number of hydrogen-bond acceptors (Lipinski definition) is 5. The number of nitro groups is 1. The number of anilines is 1. The van der Waals surface area contributed by atoms with Crippen LogP contribution < -0.4 is 5.32 Å². The topological polar surface area (TPSA) is 68.1 Å². The summed E-state index contributed by atoms with van der Waals surface area (Å²) in [4.78, 5) is 14.0. The molecule has 88 valence electrons.